The van der Waals surface area contributed by atoms with E-state index in [1.165, 1.54) is 0 Å². The van der Waals surface area contributed by atoms with Gasteiger partial charge in [0, 0.05) is 22.6 Å². The van der Waals surface area contributed by atoms with Crippen LogP contribution in [0, 0.1) is 5.92 Å². The van der Waals surface area contributed by atoms with Gasteiger partial charge in [-0.15, -0.1) is 0 Å². The van der Waals surface area contributed by atoms with Gasteiger partial charge >= 0.3 is 0 Å². The normalized spacial score (nSPS) is 16.3. The largest absolute Gasteiger partial charge is 0.497 e. The number of benzene rings is 1. The van der Waals surface area contributed by atoms with Crippen LogP contribution in [0.3, 0.4) is 0 Å². The summed E-state index contributed by atoms with van der Waals surface area (Å²) in [4.78, 5) is 0. The molecule has 102 valence electrons. The Morgan fingerprint density at radius 1 is 1.22 bits per heavy atom. The minimum atomic E-state index is -0.889. The Balaban J connectivity index is 2.72. The predicted molar refractivity (Wildman–Crippen MR) is 77.2 cm³/mol. The third-order valence-corrected chi connectivity index (χ3v) is 5.04. The van der Waals surface area contributed by atoms with Gasteiger partial charge in [0.15, 0.2) is 0 Å². The smallest absolute Gasteiger partial charge is 0.118 e. The van der Waals surface area contributed by atoms with E-state index in [2.05, 4.69) is 13.8 Å². The molecule has 3 unspecified atom stereocenters. The van der Waals surface area contributed by atoms with Crippen LogP contribution < -0.4 is 10.5 Å². The monoisotopic (exact) mass is 269 g/mol. The van der Waals surface area contributed by atoms with Crippen molar-refractivity contribution in [2.24, 2.45) is 11.7 Å². The van der Waals surface area contributed by atoms with Crippen molar-refractivity contribution in [3.05, 3.63) is 29.8 Å². The number of hydrogen-bond donors (Lipinski definition) is 1. The van der Waals surface area contributed by atoms with Crippen molar-refractivity contribution in [3.8, 4) is 5.75 Å². The van der Waals surface area contributed by atoms with Crippen LogP contribution in [-0.2, 0) is 10.8 Å². The maximum Gasteiger partial charge on any atom is 0.118 e. The van der Waals surface area contributed by atoms with Crippen LogP contribution in [0.2, 0.25) is 0 Å². The average Bonchev–Trinajstić information content (AvgIpc) is 2.36. The predicted octanol–water partition coefficient (Wildman–Crippen LogP) is 2.49. The van der Waals surface area contributed by atoms with E-state index in [0.29, 0.717) is 11.7 Å². The molecule has 2 N–H and O–H groups in total. The van der Waals surface area contributed by atoms with Gasteiger partial charge in [0.1, 0.15) is 5.75 Å². The van der Waals surface area contributed by atoms with Gasteiger partial charge in [0.2, 0.25) is 0 Å². The molecule has 1 aromatic carbocycles. The summed E-state index contributed by atoms with van der Waals surface area (Å²) in [5.41, 5.74) is 7.17. The highest BCUT2D eigenvalue weighted by Crippen LogP contribution is 2.21. The Kier molecular flexibility index (Phi) is 5.82. The molecule has 0 spiro atoms. The number of rotatable bonds is 6. The summed E-state index contributed by atoms with van der Waals surface area (Å²) in [6.45, 7) is 6.10. The highest BCUT2D eigenvalue weighted by atomic mass is 32.2. The Hall–Kier alpha value is -0.870. The van der Waals surface area contributed by atoms with E-state index in [4.69, 9.17) is 10.5 Å². The molecule has 0 heterocycles. The zero-order valence-corrected chi connectivity index (χ0v) is 12.4. The van der Waals surface area contributed by atoms with Gasteiger partial charge in [-0.2, -0.15) is 0 Å². The number of nitrogens with two attached hydrogens (primary N) is 1. The molecule has 0 aliphatic carbocycles. The quantitative estimate of drug-likeness (QED) is 0.863. The lowest BCUT2D eigenvalue weighted by molar-refractivity contribution is 0.414. The van der Waals surface area contributed by atoms with E-state index >= 15 is 0 Å². The molecule has 0 aliphatic rings. The van der Waals surface area contributed by atoms with E-state index in [1.807, 2.05) is 31.2 Å². The van der Waals surface area contributed by atoms with E-state index in [-0.39, 0.29) is 11.3 Å². The van der Waals surface area contributed by atoms with Crippen LogP contribution in [0.1, 0.15) is 32.4 Å². The van der Waals surface area contributed by atoms with Gasteiger partial charge in [0.05, 0.1) is 12.4 Å². The van der Waals surface area contributed by atoms with Crippen molar-refractivity contribution >= 4 is 10.8 Å². The first-order valence-electron chi connectivity index (χ1n) is 6.22. The topological polar surface area (TPSA) is 52.3 Å². The van der Waals surface area contributed by atoms with Gasteiger partial charge in [-0.3, -0.25) is 4.21 Å². The maximum absolute atomic E-state index is 12.1. The lowest BCUT2D eigenvalue weighted by atomic mass is 10.1. The van der Waals surface area contributed by atoms with E-state index in [1.54, 1.807) is 7.11 Å². The van der Waals surface area contributed by atoms with Crippen LogP contribution in [0.4, 0.5) is 0 Å². The Morgan fingerprint density at radius 2 is 1.78 bits per heavy atom. The summed E-state index contributed by atoms with van der Waals surface area (Å²) in [5, 5.41) is -0.0409. The minimum Gasteiger partial charge on any atom is -0.497 e. The Morgan fingerprint density at radius 3 is 2.22 bits per heavy atom. The molecule has 1 rings (SSSR count). The van der Waals surface area contributed by atoms with E-state index in [0.717, 1.165) is 11.3 Å². The molecule has 18 heavy (non-hydrogen) atoms. The Labute approximate surface area is 112 Å². The molecule has 3 atom stereocenters. The van der Waals surface area contributed by atoms with Crippen LogP contribution in [-0.4, -0.2) is 22.3 Å². The molecule has 0 bridgehead atoms. The SMILES string of the molecule is COc1ccc(C(N)C(C)S(=O)CC(C)C)cc1. The summed E-state index contributed by atoms with van der Waals surface area (Å²) in [6, 6.07) is 7.44. The second-order valence-corrected chi connectivity index (χ2v) is 6.78. The molecule has 0 saturated heterocycles. The van der Waals surface area contributed by atoms with E-state index < -0.39 is 10.8 Å². The summed E-state index contributed by atoms with van der Waals surface area (Å²) in [7, 11) is 0.745. The first-order chi connectivity index (χ1) is 8.45. The second-order valence-electron chi connectivity index (χ2n) is 4.95. The van der Waals surface area contributed by atoms with Gasteiger partial charge < -0.3 is 10.5 Å². The fraction of sp³-hybridized carbons (Fsp3) is 0.571. The molecule has 0 aromatic heterocycles. The first kappa shape index (κ1) is 15.2. The van der Waals surface area contributed by atoms with Gasteiger partial charge in [-0.05, 0) is 30.5 Å². The fourth-order valence-corrected chi connectivity index (χ4v) is 3.19. The summed E-state index contributed by atoms with van der Waals surface area (Å²) in [6.07, 6.45) is 0. The molecule has 0 amide bonds. The van der Waals surface area contributed by atoms with Crippen molar-refractivity contribution in [3.63, 3.8) is 0 Å². The second kappa shape index (κ2) is 6.90. The van der Waals surface area contributed by atoms with Crippen LogP contribution in [0.15, 0.2) is 24.3 Å². The maximum atomic E-state index is 12.1. The summed E-state index contributed by atoms with van der Waals surface area (Å²) in [5.74, 6) is 1.93. The number of hydrogen-bond acceptors (Lipinski definition) is 3. The number of ether oxygens (including phenoxy) is 1. The zero-order valence-electron chi connectivity index (χ0n) is 11.6. The molecule has 0 radical (unpaired) electrons. The van der Waals surface area contributed by atoms with Gasteiger partial charge in [-0.25, -0.2) is 0 Å². The Bertz CT molecular complexity index is 389. The zero-order chi connectivity index (χ0) is 13.7. The van der Waals surface area contributed by atoms with Gasteiger partial charge in [-0.1, -0.05) is 26.0 Å². The van der Waals surface area contributed by atoms with E-state index in [9.17, 15) is 4.21 Å². The molecular formula is C14H23NO2S. The molecule has 1 aromatic rings. The highest BCUT2D eigenvalue weighted by molar-refractivity contribution is 7.85. The molecule has 0 fully saturated rings. The molecule has 0 aliphatic heterocycles. The van der Waals surface area contributed by atoms with Crippen LogP contribution in [0.5, 0.6) is 5.75 Å². The van der Waals surface area contributed by atoms with Crippen molar-refractivity contribution in [1.29, 1.82) is 0 Å². The highest BCUT2D eigenvalue weighted by Gasteiger charge is 2.21. The molecule has 0 saturated carbocycles. The lowest BCUT2D eigenvalue weighted by Crippen LogP contribution is -2.29. The third-order valence-electron chi connectivity index (χ3n) is 2.92. The molecular weight excluding hydrogens is 246 g/mol. The fourth-order valence-electron chi connectivity index (χ4n) is 1.74. The lowest BCUT2D eigenvalue weighted by Gasteiger charge is -2.21. The van der Waals surface area contributed by atoms with Crippen molar-refractivity contribution in [1.82, 2.24) is 0 Å². The number of methoxy groups -OCH3 is 1. The van der Waals surface area contributed by atoms with Gasteiger partial charge in [0.25, 0.3) is 0 Å². The summed E-state index contributed by atoms with van der Waals surface area (Å²) >= 11 is 0. The van der Waals surface area contributed by atoms with Crippen LogP contribution >= 0.6 is 0 Å². The first-order valence-corrected chi connectivity index (χ1v) is 7.60. The van der Waals surface area contributed by atoms with Crippen molar-refractivity contribution in [2.45, 2.75) is 32.1 Å². The summed E-state index contributed by atoms with van der Waals surface area (Å²) < 4.78 is 17.2. The van der Waals surface area contributed by atoms with Crippen LogP contribution in [0.25, 0.3) is 0 Å². The standard InChI is InChI=1S/C14H23NO2S/c1-10(2)9-18(16)11(3)14(15)12-5-7-13(17-4)8-6-12/h5-8,10-11,14H,9,15H2,1-4H3. The average molecular weight is 269 g/mol. The molecule has 4 heteroatoms. The third kappa shape index (κ3) is 4.10. The minimum absolute atomic E-state index is 0.0409. The molecule has 3 nitrogen and oxygen atoms in total. The van der Waals surface area contributed by atoms with Crippen molar-refractivity contribution in [2.75, 3.05) is 12.9 Å². The van der Waals surface area contributed by atoms with Crippen molar-refractivity contribution < 1.29 is 8.95 Å².